The monoisotopic (exact) mass is 304 g/mol. The molecule has 0 unspecified atom stereocenters. The maximum atomic E-state index is 12.9. The van der Waals surface area contributed by atoms with Crippen LogP contribution in [-0.4, -0.2) is 19.5 Å². The number of fused-ring (bicyclic) bond motifs is 1. The van der Waals surface area contributed by atoms with Crippen molar-refractivity contribution in [1.82, 2.24) is 19.5 Å². The lowest BCUT2D eigenvalue weighted by molar-refractivity contribution is 0.627. The van der Waals surface area contributed by atoms with Crippen molar-refractivity contribution in [1.29, 1.82) is 0 Å². The molecule has 0 radical (unpaired) electrons. The van der Waals surface area contributed by atoms with Crippen LogP contribution in [0.3, 0.4) is 0 Å². The molecule has 3 rings (SSSR count). The van der Waals surface area contributed by atoms with Crippen LogP contribution in [0.4, 0.5) is 4.39 Å². The molecule has 0 saturated heterocycles. The molecule has 0 aliphatic rings. The molecular formula is C14H13FN4OS. The molecule has 0 amide bonds. The van der Waals surface area contributed by atoms with Crippen LogP contribution in [0.1, 0.15) is 12.5 Å². The number of benzene rings is 1. The van der Waals surface area contributed by atoms with Crippen molar-refractivity contribution in [3.05, 3.63) is 52.3 Å². The summed E-state index contributed by atoms with van der Waals surface area (Å²) in [6, 6.07) is 6.36. The van der Waals surface area contributed by atoms with Crippen molar-refractivity contribution >= 4 is 22.9 Å². The van der Waals surface area contributed by atoms with Gasteiger partial charge in [0.1, 0.15) is 5.82 Å². The Morgan fingerprint density at radius 1 is 1.33 bits per heavy atom. The molecule has 2 aromatic heterocycles. The fraction of sp³-hybridized carbons (Fsp3) is 0.214. The van der Waals surface area contributed by atoms with Gasteiger partial charge in [0.05, 0.1) is 6.33 Å². The lowest BCUT2D eigenvalue weighted by Gasteiger charge is -2.04. The highest BCUT2D eigenvalue weighted by atomic mass is 32.2. The van der Waals surface area contributed by atoms with Gasteiger partial charge in [0.25, 0.3) is 5.56 Å². The molecule has 2 heterocycles. The Hall–Kier alpha value is -2.15. The Labute approximate surface area is 124 Å². The van der Waals surface area contributed by atoms with Crippen molar-refractivity contribution in [2.24, 2.45) is 0 Å². The van der Waals surface area contributed by atoms with Gasteiger partial charge in [0.15, 0.2) is 16.3 Å². The molecule has 5 nitrogen and oxygen atoms in total. The number of aromatic nitrogens is 4. The van der Waals surface area contributed by atoms with Crippen LogP contribution < -0.4 is 5.56 Å². The minimum atomic E-state index is -0.250. The molecule has 0 atom stereocenters. The Balaban J connectivity index is 1.91. The van der Waals surface area contributed by atoms with Gasteiger partial charge in [-0.2, -0.15) is 0 Å². The molecule has 108 valence electrons. The van der Waals surface area contributed by atoms with Crippen molar-refractivity contribution in [2.75, 3.05) is 0 Å². The number of nitrogens with one attached hydrogen (secondary N) is 1. The molecule has 21 heavy (non-hydrogen) atoms. The van der Waals surface area contributed by atoms with E-state index in [2.05, 4.69) is 15.0 Å². The Morgan fingerprint density at radius 3 is 2.81 bits per heavy atom. The van der Waals surface area contributed by atoms with Gasteiger partial charge in [-0.05, 0) is 24.6 Å². The summed E-state index contributed by atoms with van der Waals surface area (Å²) in [5.41, 5.74) is 1.69. The highest BCUT2D eigenvalue weighted by Gasteiger charge is 2.13. The maximum Gasteiger partial charge on any atom is 0.278 e. The van der Waals surface area contributed by atoms with E-state index in [1.807, 2.05) is 11.5 Å². The van der Waals surface area contributed by atoms with Crippen molar-refractivity contribution < 1.29 is 4.39 Å². The van der Waals surface area contributed by atoms with Crippen molar-refractivity contribution in [3.63, 3.8) is 0 Å². The largest absolute Gasteiger partial charge is 0.311 e. The van der Waals surface area contributed by atoms with E-state index in [-0.39, 0.29) is 11.4 Å². The fourth-order valence-electron chi connectivity index (χ4n) is 2.05. The third-order valence-electron chi connectivity index (χ3n) is 3.10. The number of halogens is 1. The predicted octanol–water partition coefficient (Wildman–Crippen LogP) is 2.57. The Morgan fingerprint density at radius 2 is 2.10 bits per heavy atom. The summed E-state index contributed by atoms with van der Waals surface area (Å²) in [5, 5.41) is 0.737. The lowest BCUT2D eigenvalue weighted by Crippen LogP contribution is -2.07. The third-order valence-corrected chi connectivity index (χ3v) is 4.15. The van der Waals surface area contributed by atoms with Gasteiger partial charge in [-0.1, -0.05) is 23.9 Å². The van der Waals surface area contributed by atoms with Crippen LogP contribution in [0.2, 0.25) is 0 Å². The van der Waals surface area contributed by atoms with Gasteiger partial charge in [-0.3, -0.25) is 4.79 Å². The minimum Gasteiger partial charge on any atom is -0.311 e. The standard InChI is InChI=1S/C14H13FN4OS/c1-2-19-12-11(13(20)17-8-16-12)18-14(19)21-7-9-3-5-10(15)6-4-9/h3-6,8H,2,7H2,1H3,(H,16,17,20). The van der Waals surface area contributed by atoms with E-state index in [1.165, 1.54) is 30.2 Å². The Kier molecular flexibility index (Phi) is 3.74. The highest BCUT2D eigenvalue weighted by molar-refractivity contribution is 7.98. The lowest BCUT2D eigenvalue weighted by atomic mass is 10.2. The molecule has 1 aromatic carbocycles. The molecule has 0 aliphatic carbocycles. The van der Waals surface area contributed by atoms with Crippen LogP contribution in [0.15, 0.2) is 40.5 Å². The predicted molar refractivity (Wildman–Crippen MR) is 79.8 cm³/mol. The van der Waals surface area contributed by atoms with E-state index in [0.29, 0.717) is 23.5 Å². The maximum absolute atomic E-state index is 12.9. The van der Waals surface area contributed by atoms with E-state index in [4.69, 9.17) is 0 Å². The van der Waals surface area contributed by atoms with Crippen LogP contribution in [-0.2, 0) is 12.3 Å². The fourth-order valence-corrected chi connectivity index (χ4v) is 3.07. The molecule has 0 bridgehead atoms. The molecule has 0 fully saturated rings. The number of nitrogens with zero attached hydrogens (tertiary/aromatic N) is 3. The highest BCUT2D eigenvalue weighted by Crippen LogP contribution is 2.24. The topological polar surface area (TPSA) is 63.6 Å². The van der Waals surface area contributed by atoms with E-state index >= 15 is 0 Å². The van der Waals surface area contributed by atoms with Gasteiger partial charge in [-0.15, -0.1) is 0 Å². The first kappa shape index (κ1) is 13.8. The second kappa shape index (κ2) is 5.69. The number of hydrogen-bond donors (Lipinski definition) is 1. The smallest absolute Gasteiger partial charge is 0.278 e. The van der Waals surface area contributed by atoms with Crippen molar-refractivity contribution in [3.8, 4) is 0 Å². The Bertz CT molecular complexity index is 825. The second-order valence-electron chi connectivity index (χ2n) is 4.46. The number of aryl methyl sites for hydroxylation is 1. The SMILES string of the molecule is CCn1c(SCc2ccc(F)cc2)nc2c(=O)[nH]cnc21. The van der Waals surface area contributed by atoms with Gasteiger partial charge >= 0.3 is 0 Å². The van der Waals surface area contributed by atoms with E-state index in [1.54, 1.807) is 12.1 Å². The van der Waals surface area contributed by atoms with Crippen molar-refractivity contribution in [2.45, 2.75) is 24.4 Å². The normalized spacial score (nSPS) is 11.1. The molecular weight excluding hydrogens is 291 g/mol. The summed E-state index contributed by atoms with van der Waals surface area (Å²) in [7, 11) is 0. The molecule has 3 aromatic rings. The van der Waals surface area contributed by atoms with Gasteiger partial charge in [0.2, 0.25) is 0 Å². The summed E-state index contributed by atoms with van der Waals surface area (Å²) in [6.45, 7) is 2.66. The van der Waals surface area contributed by atoms with Gasteiger partial charge in [0, 0.05) is 12.3 Å². The third kappa shape index (κ3) is 2.69. The number of hydrogen-bond acceptors (Lipinski definition) is 4. The van der Waals surface area contributed by atoms with Crippen LogP contribution >= 0.6 is 11.8 Å². The minimum absolute atomic E-state index is 0.240. The summed E-state index contributed by atoms with van der Waals surface area (Å²) in [6.07, 6.45) is 1.38. The second-order valence-corrected chi connectivity index (χ2v) is 5.40. The van der Waals surface area contributed by atoms with E-state index in [0.717, 1.165) is 10.7 Å². The van der Waals surface area contributed by atoms with Gasteiger partial charge < -0.3 is 9.55 Å². The van der Waals surface area contributed by atoms with E-state index in [9.17, 15) is 9.18 Å². The summed E-state index contributed by atoms with van der Waals surface area (Å²) < 4.78 is 14.8. The molecule has 1 N–H and O–H groups in total. The first-order valence-electron chi connectivity index (χ1n) is 6.50. The summed E-state index contributed by atoms with van der Waals surface area (Å²) in [5.74, 6) is 0.405. The number of rotatable bonds is 4. The molecule has 7 heteroatoms. The summed E-state index contributed by atoms with van der Waals surface area (Å²) >= 11 is 1.50. The van der Waals surface area contributed by atoms with Gasteiger partial charge in [-0.25, -0.2) is 14.4 Å². The first-order chi connectivity index (χ1) is 10.2. The number of imidazole rings is 1. The van der Waals surface area contributed by atoms with Crippen LogP contribution in [0.25, 0.3) is 11.2 Å². The zero-order valence-electron chi connectivity index (χ0n) is 11.3. The summed E-state index contributed by atoms with van der Waals surface area (Å²) in [4.78, 5) is 22.8. The average molecular weight is 304 g/mol. The van der Waals surface area contributed by atoms with Crippen LogP contribution in [0, 0.1) is 5.82 Å². The zero-order valence-corrected chi connectivity index (χ0v) is 12.2. The molecule has 0 saturated carbocycles. The van der Waals surface area contributed by atoms with Crippen LogP contribution in [0.5, 0.6) is 0 Å². The molecule has 0 spiro atoms. The number of thioether (sulfide) groups is 1. The number of aromatic amines is 1. The zero-order chi connectivity index (χ0) is 14.8. The molecule has 0 aliphatic heterocycles. The average Bonchev–Trinajstić information content (AvgIpc) is 2.86. The number of H-pyrrole nitrogens is 1. The van der Waals surface area contributed by atoms with E-state index < -0.39 is 0 Å². The quantitative estimate of drug-likeness (QED) is 0.752. The first-order valence-corrected chi connectivity index (χ1v) is 7.48.